The summed E-state index contributed by atoms with van der Waals surface area (Å²) in [7, 11) is 0. The molecule has 4 rings (SSSR count). The van der Waals surface area contributed by atoms with Crippen molar-refractivity contribution in [1.29, 1.82) is 0 Å². The van der Waals surface area contributed by atoms with Gasteiger partial charge in [0.15, 0.2) is 0 Å². The van der Waals surface area contributed by atoms with Crippen LogP contribution in [0.2, 0.25) is 5.02 Å². The summed E-state index contributed by atoms with van der Waals surface area (Å²) in [5.74, 6) is -0.596. The van der Waals surface area contributed by atoms with Crippen LogP contribution < -0.4 is 5.32 Å². The van der Waals surface area contributed by atoms with Gasteiger partial charge in [-0.1, -0.05) is 11.6 Å². The Morgan fingerprint density at radius 2 is 2.19 bits per heavy atom. The highest BCUT2D eigenvalue weighted by atomic mass is 35.5. The van der Waals surface area contributed by atoms with Crippen molar-refractivity contribution in [3.8, 4) is 11.1 Å². The Bertz CT molecular complexity index is 1120. The Balaban J connectivity index is 1.78. The van der Waals surface area contributed by atoms with Crippen LogP contribution in [0.4, 0.5) is 8.78 Å². The zero-order chi connectivity index (χ0) is 18.3. The van der Waals surface area contributed by atoms with Gasteiger partial charge in [-0.2, -0.15) is 5.10 Å². The van der Waals surface area contributed by atoms with Crippen molar-refractivity contribution in [1.82, 2.24) is 24.9 Å². The first-order chi connectivity index (χ1) is 12.5. The summed E-state index contributed by atoms with van der Waals surface area (Å²) in [4.78, 5) is 19.4. The topological polar surface area (TPSA) is 75.1 Å². The molecular weight excluding hydrogens is 364 g/mol. The number of carbonyl (C=O) groups is 1. The number of carbonyl (C=O) groups excluding carboxylic acids is 1. The lowest BCUT2D eigenvalue weighted by Crippen LogP contribution is -2.28. The SMILES string of the molecule is O=C(NCC(F)F)c1cnn2ccc(-c3c[nH]c4ncc(Cl)cc34)cc12. The predicted molar refractivity (Wildman–Crippen MR) is 93.6 cm³/mol. The van der Waals surface area contributed by atoms with Gasteiger partial charge in [0.2, 0.25) is 0 Å². The third kappa shape index (κ3) is 2.88. The standard InChI is InChI=1S/C17H12ClF2N5O/c18-10-4-11-12(6-22-16(11)21-5-10)9-1-2-25-14(3-9)13(7-24-25)17(26)23-8-15(19)20/h1-7,15H,8H2,(H,21,22)(H,23,26). The van der Waals surface area contributed by atoms with E-state index < -0.39 is 18.9 Å². The first-order valence-electron chi connectivity index (χ1n) is 7.69. The number of hydrogen-bond donors (Lipinski definition) is 2. The highest BCUT2D eigenvalue weighted by Crippen LogP contribution is 2.30. The molecule has 0 aromatic carbocycles. The molecule has 132 valence electrons. The summed E-state index contributed by atoms with van der Waals surface area (Å²) < 4.78 is 26.2. The van der Waals surface area contributed by atoms with Crippen molar-refractivity contribution in [3.63, 3.8) is 0 Å². The average molecular weight is 376 g/mol. The van der Waals surface area contributed by atoms with Gasteiger partial charge in [-0.05, 0) is 23.8 Å². The van der Waals surface area contributed by atoms with E-state index in [9.17, 15) is 13.6 Å². The van der Waals surface area contributed by atoms with E-state index in [0.29, 0.717) is 16.2 Å². The van der Waals surface area contributed by atoms with E-state index in [1.165, 1.54) is 10.7 Å². The molecule has 0 atom stereocenters. The van der Waals surface area contributed by atoms with Crippen molar-refractivity contribution in [3.05, 3.63) is 53.6 Å². The number of fused-ring (bicyclic) bond motifs is 2. The number of aromatic nitrogens is 4. The van der Waals surface area contributed by atoms with E-state index >= 15 is 0 Å². The molecule has 0 aliphatic heterocycles. The lowest BCUT2D eigenvalue weighted by Gasteiger charge is -2.05. The maximum atomic E-state index is 12.3. The second kappa shape index (κ2) is 6.38. The highest BCUT2D eigenvalue weighted by molar-refractivity contribution is 6.31. The predicted octanol–water partition coefficient (Wildman–Crippen LogP) is 3.53. The molecule has 0 radical (unpaired) electrons. The molecule has 0 aliphatic carbocycles. The summed E-state index contributed by atoms with van der Waals surface area (Å²) in [6.07, 6.45) is 3.79. The molecule has 4 aromatic rings. The van der Waals surface area contributed by atoms with Crippen LogP contribution in [0.15, 0.2) is 43.0 Å². The van der Waals surface area contributed by atoms with Crippen LogP contribution in [0, 0.1) is 0 Å². The summed E-state index contributed by atoms with van der Waals surface area (Å²) in [5.41, 5.74) is 3.10. The Kier molecular flexibility index (Phi) is 4.04. The van der Waals surface area contributed by atoms with Crippen LogP contribution in [0.1, 0.15) is 10.4 Å². The Labute approximate surface area is 150 Å². The molecule has 2 N–H and O–H groups in total. The second-order valence-corrected chi connectivity index (χ2v) is 6.09. The van der Waals surface area contributed by atoms with Crippen LogP contribution in [0.3, 0.4) is 0 Å². The van der Waals surface area contributed by atoms with Crippen molar-refractivity contribution in [2.75, 3.05) is 6.54 Å². The molecule has 0 saturated carbocycles. The molecule has 0 saturated heterocycles. The van der Waals surface area contributed by atoms with Crippen molar-refractivity contribution < 1.29 is 13.6 Å². The minimum absolute atomic E-state index is 0.225. The fraction of sp³-hybridized carbons (Fsp3) is 0.118. The Hall–Kier alpha value is -3.00. The molecule has 0 aliphatic rings. The third-order valence-electron chi connectivity index (χ3n) is 3.99. The van der Waals surface area contributed by atoms with Crippen LogP contribution in [0.5, 0.6) is 0 Å². The number of nitrogens with one attached hydrogen (secondary N) is 2. The van der Waals surface area contributed by atoms with Gasteiger partial charge in [0, 0.05) is 29.5 Å². The number of aromatic amines is 1. The highest BCUT2D eigenvalue weighted by Gasteiger charge is 2.16. The zero-order valence-corrected chi connectivity index (χ0v) is 14.0. The quantitative estimate of drug-likeness (QED) is 0.573. The molecule has 26 heavy (non-hydrogen) atoms. The van der Waals surface area contributed by atoms with Crippen LogP contribution in [-0.4, -0.2) is 38.5 Å². The fourth-order valence-corrected chi connectivity index (χ4v) is 2.96. The van der Waals surface area contributed by atoms with Gasteiger partial charge in [0.05, 0.1) is 28.8 Å². The lowest BCUT2D eigenvalue weighted by atomic mass is 10.1. The molecule has 6 nitrogen and oxygen atoms in total. The van der Waals surface area contributed by atoms with Gasteiger partial charge >= 0.3 is 0 Å². The molecule has 4 heterocycles. The molecule has 0 bridgehead atoms. The minimum atomic E-state index is -2.61. The largest absolute Gasteiger partial charge is 0.346 e. The fourth-order valence-electron chi connectivity index (χ4n) is 2.80. The minimum Gasteiger partial charge on any atom is -0.346 e. The van der Waals surface area contributed by atoms with Crippen LogP contribution in [0.25, 0.3) is 27.7 Å². The number of halogens is 3. The Morgan fingerprint density at radius 3 is 3.00 bits per heavy atom. The van der Waals surface area contributed by atoms with Crippen molar-refractivity contribution in [2.45, 2.75) is 6.43 Å². The Morgan fingerprint density at radius 1 is 1.35 bits per heavy atom. The first kappa shape index (κ1) is 16.5. The van der Waals surface area contributed by atoms with Crippen molar-refractivity contribution >= 4 is 34.1 Å². The molecule has 9 heteroatoms. The number of alkyl halides is 2. The number of rotatable bonds is 4. The number of amides is 1. The van der Waals surface area contributed by atoms with E-state index in [4.69, 9.17) is 11.6 Å². The number of H-pyrrole nitrogens is 1. The van der Waals surface area contributed by atoms with E-state index in [-0.39, 0.29) is 5.56 Å². The van der Waals surface area contributed by atoms with Gasteiger partial charge in [-0.3, -0.25) is 4.79 Å². The summed E-state index contributed by atoms with van der Waals surface area (Å²) >= 11 is 6.04. The maximum Gasteiger partial charge on any atom is 0.255 e. The summed E-state index contributed by atoms with van der Waals surface area (Å²) in [5, 5.41) is 7.63. The number of nitrogens with zero attached hydrogens (tertiary/aromatic N) is 3. The number of hydrogen-bond acceptors (Lipinski definition) is 3. The molecule has 0 spiro atoms. The summed E-state index contributed by atoms with van der Waals surface area (Å²) in [6.45, 7) is -0.706. The molecule has 0 unspecified atom stereocenters. The average Bonchev–Trinajstić information content (AvgIpc) is 3.22. The normalized spacial score (nSPS) is 11.5. The van der Waals surface area contributed by atoms with E-state index in [2.05, 4.69) is 20.4 Å². The van der Waals surface area contributed by atoms with Crippen molar-refractivity contribution in [2.24, 2.45) is 0 Å². The first-order valence-corrected chi connectivity index (χ1v) is 8.07. The van der Waals surface area contributed by atoms with E-state index in [1.54, 1.807) is 30.7 Å². The monoisotopic (exact) mass is 375 g/mol. The van der Waals surface area contributed by atoms with Gasteiger partial charge < -0.3 is 10.3 Å². The smallest absolute Gasteiger partial charge is 0.255 e. The van der Waals surface area contributed by atoms with Gasteiger partial charge in [-0.15, -0.1) is 0 Å². The molecule has 4 aromatic heterocycles. The number of pyridine rings is 2. The third-order valence-corrected chi connectivity index (χ3v) is 4.20. The van der Waals surface area contributed by atoms with Gasteiger partial charge in [0.1, 0.15) is 5.65 Å². The van der Waals surface area contributed by atoms with E-state index in [0.717, 1.165) is 16.5 Å². The lowest BCUT2D eigenvalue weighted by molar-refractivity contribution is 0.0893. The molecular formula is C17H12ClF2N5O. The van der Waals surface area contributed by atoms with E-state index in [1.807, 2.05) is 6.07 Å². The molecule has 0 fully saturated rings. The second-order valence-electron chi connectivity index (χ2n) is 5.66. The van der Waals surface area contributed by atoms with Gasteiger partial charge in [0.25, 0.3) is 12.3 Å². The zero-order valence-electron chi connectivity index (χ0n) is 13.2. The summed E-state index contributed by atoms with van der Waals surface area (Å²) in [6, 6.07) is 5.41. The maximum absolute atomic E-state index is 12.3. The van der Waals surface area contributed by atoms with Crippen LogP contribution in [-0.2, 0) is 0 Å². The van der Waals surface area contributed by atoms with Crippen LogP contribution >= 0.6 is 11.6 Å². The molecule has 1 amide bonds. The van der Waals surface area contributed by atoms with Gasteiger partial charge in [-0.25, -0.2) is 18.3 Å².